The maximum atomic E-state index is 12.5. The van der Waals surface area contributed by atoms with E-state index in [4.69, 9.17) is 0 Å². The Hall–Kier alpha value is -1.84. The molecule has 0 radical (unpaired) electrons. The molecule has 1 aromatic rings. The zero-order valence-corrected chi connectivity index (χ0v) is 18.1. The van der Waals surface area contributed by atoms with Crippen LogP contribution in [-0.4, -0.2) is 11.8 Å². The fourth-order valence-electron chi connectivity index (χ4n) is 4.92. The summed E-state index contributed by atoms with van der Waals surface area (Å²) in [5.41, 5.74) is 2.52. The summed E-state index contributed by atoms with van der Waals surface area (Å²) in [6.45, 7) is 2.01. The molecule has 4 nitrogen and oxygen atoms in total. The van der Waals surface area contributed by atoms with Gasteiger partial charge in [0, 0.05) is 12.8 Å². The van der Waals surface area contributed by atoms with E-state index in [-0.39, 0.29) is 11.8 Å². The number of nitrogens with one attached hydrogen (secondary N) is 2. The molecule has 2 N–H and O–H groups in total. The van der Waals surface area contributed by atoms with Crippen molar-refractivity contribution in [2.75, 3.05) is 10.6 Å². The summed E-state index contributed by atoms with van der Waals surface area (Å²) in [6.07, 6.45) is 16.0. The van der Waals surface area contributed by atoms with Crippen LogP contribution in [0.3, 0.4) is 0 Å². The lowest BCUT2D eigenvalue weighted by atomic mass is 9.86. The van der Waals surface area contributed by atoms with Gasteiger partial charge in [0.05, 0.1) is 11.4 Å². The average Bonchev–Trinajstić information content (AvgIpc) is 2.74. The van der Waals surface area contributed by atoms with Gasteiger partial charge in [-0.05, 0) is 49.3 Å². The lowest BCUT2D eigenvalue weighted by Gasteiger charge is -2.21. The number of aryl methyl sites for hydroxylation is 1. The Balaban J connectivity index is 1.49. The second-order valence-corrected chi connectivity index (χ2v) is 9.23. The predicted molar refractivity (Wildman–Crippen MR) is 120 cm³/mol. The van der Waals surface area contributed by atoms with Gasteiger partial charge in [-0.15, -0.1) is 0 Å². The molecule has 3 rings (SSSR count). The minimum absolute atomic E-state index is 0.0529. The largest absolute Gasteiger partial charge is 0.324 e. The van der Waals surface area contributed by atoms with Gasteiger partial charge in [-0.3, -0.25) is 9.59 Å². The fourth-order valence-corrected chi connectivity index (χ4v) is 4.92. The molecule has 0 aliphatic heterocycles. The molecule has 0 heterocycles. The Labute approximate surface area is 176 Å². The van der Waals surface area contributed by atoms with Crippen LogP contribution >= 0.6 is 0 Å². The van der Waals surface area contributed by atoms with Crippen molar-refractivity contribution in [2.45, 2.75) is 96.8 Å². The van der Waals surface area contributed by atoms with Crippen molar-refractivity contribution in [2.24, 2.45) is 11.8 Å². The van der Waals surface area contributed by atoms with Crippen LogP contribution in [0.5, 0.6) is 0 Å². The summed E-state index contributed by atoms with van der Waals surface area (Å²) in [7, 11) is 0. The number of carbonyl (C=O) groups is 2. The summed E-state index contributed by atoms with van der Waals surface area (Å²) in [4.78, 5) is 25.0. The number of carbonyl (C=O) groups excluding carboxylic acids is 2. The quantitative estimate of drug-likeness (QED) is 0.519. The Morgan fingerprint density at radius 1 is 0.759 bits per heavy atom. The molecule has 0 unspecified atom stereocenters. The topological polar surface area (TPSA) is 58.2 Å². The fraction of sp³-hybridized carbons (Fsp3) is 0.680. The van der Waals surface area contributed by atoms with E-state index in [1.165, 1.54) is 64.2 Å². The van der Waals surface area contributed by atoms with Gasteiger partial charge in [0.25, 0.3) is 0 Å². The Morgan fingerprint density at radius 2 is 1.24 bits per heavy atom. The van der Waals surface area contributed by atoms with Gasteiger partial charge < -0.3 is 10.6 Å². The molecule has 2 aliphatic carbocycles. The van der Waals surface area contributed by atoms with E-state index in [0.29, 0.717) is 24.7 Å². The van der Waals surface area contributed by atoms with Gasteiger partial charge in [-0.25, -0.2) is 0 Å². The standard InChI is InChI=1S/C25H38N2O2/c1-19-12-15-22(26-24(28)16-13-20-8-4-2-5-9-20)23(18-19)27-25(29)17-14-21-10-6-3-7-11-21/h12,15,18,20-21H,2-11,13-14,16-17H2,1H3,(H,26,28)(H,27,29). The van der Waals surface area contributed by atoms with E-state index >= 15 is 0 Å². The number of benzene rings is 1. The van der Waals surface area contributed by atoms with Crippen LogP contribution in [0, 0.1) is 18.8 Å². The van der Waals surface area contributed by atoms with Crippen LogP contribution in [0.4, 0.5) is 11.4 Å². The summed E-state index contributed by atoms with van der Waals surface area (Å²) in [5, 5.41) is 6.08. The van der Waals surface area contributed by atoms with Crippen LogP contribution in [0.25, 0.3) is 0 Å². The highest BCUT2D eigenvalue weighted by atomic mass is 16.2. The molecule has 160 valence electrons. The molecular weight excluding hydrogens is 360 g/mol. The first-order valence-electron chi connectivity index (χ1n) is 11.8. The smallest absolute Gasteiger partial charge is 0.224 e. The third-order valence-electron chi connectivity index (χ3n) is 6.73. The maximum Gasteiger partial charge on any atom is 0.224 e. The molecule has 2 saturated carbocycles. The van der Waals surface area contributed by atoms with Crippen molar-refractivity contribution in [3.8, 4) is 0 Å². The highest BCUT2D eigenvalue weighted by Crippen LogP contribution is 2.29. The minimum atomic E-state index is 0.0529. The van der Waals surface area contributed by atoms with Crippen molar-refractivity contribution in [3.63, 3.8) is 0 Å². The molecule has 29 heavy (non-hydrogen) atoms. The number of rotatable bonds is 8. The number of hydrogen-bond donors (Lipinski definition) is 2. The van der Waals surface area contributed by atoms with E-state index in [9.17, 15) is 9.59 Å². The van der Waals surface area contributed by atoms with Gasteiger partial charge in [0.1, 0.15) is 0 Å². The van der Waals surface area contributed by atoms with Crippen molar-refractivity contribution in [1.82, 2.24) is 0 Å². The molecular formula is C25H38N2O2. The molecule has 0 atom stereocenters. The second-order valence-electron chi connectivity index (χ2n) is 9.23. The zero-order valence-electron chi connectivity index (χ0n) is 18.1. The van der Waals surface area contributed by atoms with Gasteiger partial charge >= 0.3 is 0 Å². The van der Waals surface area contributed by atoms with Crippen LogP contribution in [0.2, 0.25) is 0 Å². The molecule has 2 amide bonds. The Bertz CT molecular complexity index is 673. The van der Waals surface area contributed by atoms with Crippen molar-refractivity contribution in [3.05, 3.63) is 23.8 Å². The molecule has 2 fully saturated rings. The highest BCUT2D eigenvalue weighted by molar-refractivity contribution is 5.99. The lowest BCUT2D eigenvalue weighted by molar-refractivity contribution is -0.117. The zero-order chi connectivity index (χ0) is 20.5. The van der Waals surface area contributed by atoms with E-state index in [1.807, 2.05) is 25.1 Å². The molecule has 2 aliphatic rings. The van der Waals surface area contributed by atoms with Gasteiger partial charge in [0.2, 0.25) is 11.8 Å². The van der Waals surface area contributed by atoms with Crippen LogP contribution in [0.1, 0.15) is 95.5 Å². The van der Waals surface area contributed by atoms with Crippen LogP contribution in [0.15, 0.2) is 18.2 Å². The monoisotopic (exact) mass is 398 g/mol. The van der Waals surface area contributed by atoms with Crippen LogP contribution < -0.4 is 10.6 Å². The molecule has 1 aromatic carbocycles. The third-order valence-corrected chi connectivity index (χ3v) is 6.73. The first kappa shape index (κ1) is 21.9. The average molecular weight is 399 g/mol. The number of amides is 2. The first-order valence-corrected chi connectivity index (χ1v) is 11.8. The van der Waals surface area contributed by atoms with Gasteiger partial charge in [-0.1, -0.05) is 70.3 Å². The van der Waals surface area contributed by atoms with Crippen molar-refractivity contribution < 1.29 is 9.59 Å². The first-order chi connectivity index (χ1) is 14.1. The summed E-state index contributed by atoms with van der Waals surface area (Å²) < 4.78 is 0. The molecule has 0 saturated heterocycles. The minimum Gasteiger partial charge on any atom is -0.324 e. The molecule has 0 spiro atoms. The van der Waals surface area contributed by atoms with E-state index in [0.717, 1.165) is 29.8 Å². The Morgan fingerprint density at radius 3 is 1.76 bits per heavy atom. The lowest BCUT2D eigenvalue weighted by Crippen LogP contribution is -2.18. The van der Waals surface area contributed by atoms with Crippen molar-refractivity contribution >= 4 is 23.2 Å². The highest BCUT2D eigenvalue weighted by Gasteiger charge is 2.17. The molecule has 0 aromatic heterocycles. The summed E-state index contributed by atoms with van der Waals surface area (Å²) in [6, 6.07) is 5.84. The summed E-state index contributed by atoms with van der Waals surface area (Å²) >= 11 is 0. The number of hydrogen-bond acceptors (Lipinski definition) is 2. The SMILES string of the molecule is Cc1ccc(NC(=O)CCC2CCCCC2)c(NC(=O)CCC2CCCCC2)c1. The van der Waals surface area contributed by atoms with E-state index in [2.05, 4.69) is 10.6 Å². The Kier molecular flexibility index (Phi) is 8.57. The van der Waals surface area contributed by atoms with Crippen molar-refractivity contribution in [1.29, 1.82) is 0 Å². The van der Waals surface area contributed by atoms with Gasteiger partial charge in [0.15, 0.2) is 0 Å². The maximum absolute atomic E-state index is 12.5. The van der Waals surface area contributed by atoms with E-state index < -0.39 is 0 Å². The van der Waals surface area contributed by atoms with E-state index in [1.54, 1.807) is 0 Å². The van der Waals surface area contributed by atoms with Crippen LogP contribution in [-0.2, 0) is 9.59 Å². The third kappa shape index (κ3) is 7.49. The second kappa shape index (κ2) is 11.4. The number of anilines is 2. The normalized spacial score (nSPS) is 18.4. The molecule has 0 bridgehead atoms. The van der Waals surface area contributed by atoms with Gasteiger partial charge in [-0.2, -0.15) is 0 Å². The molecule has 4 heteroatoms. The summed E-state index contributed by atoms with van der Waals surface area (Å²) in [5.74, 6) is 1.51. The predicted octanol–water partition coefficient (Wildman–Crippen LogP) is 6.59.